The van der Waals surface area contributed by atoms with E-state index in [1.165, 1.54) is 12.8 Å². The molecule has 1 aliphatic carbocycles. The zero-order valence-corrected chi connectivity index (χ0v) is 19.7. The molecule has 0 spiro atoms. The molecular formula is C19H35F2IN4O2. The maximum absolute atomic E-state index is 12.7. The minimum absolute atomic E-state index is 0. The van der Waals surface area contributed by atoms with Gasteiger partial charge in [0, 0.05) is 32.2 Å². The molecule has 1 heterocycles. The van der Waals surface area contributed by atoms with Crippen molar-refractivity contribution in [2.24, 2.45) is 10.9 Å². The molecule has 1 aliphatic heterocycles. The van der Waals surface area contributed by atoms with E-state index in [2.05, 4.69) is 10.3 Å². The number of nitrogens with zero attached hydrogens (tertiary/aromatic N) is 3. The average molecular weight is 516 g/mol. The zero-order valence-electron chi connectivity index (χ0n) is 17.4. The van der Waals surface area contributed by atoms with Crippen LogP contribution in [0.3, 0.4) is 0 Å². The molecule has 0 unspecified atom stereocenters. The van der Waals surface area contributed by atoms with Gasteiger partial charge in [0.2, 0.25) is 0 Å². The van der Waals surface area contributed by atoms with Gasteiger partial charge in [0.05, 0.1) is 0 Å². The van der Waals surface area contributed by atoms with Gasteiger partial charge < -0.3 is 19.9 Å². The van der Waals surface area contributed by atoms with Crippen molar-refractivity contribution < 1.29 is 18.3 Å². The number of carbonyl (C=O) groups excluding carboxylic acids is 1. The quantitative estimate of drug-likeness (QED) is 0.330. The molecule has 164 valence electrons. The van der Waals surface area contributed by atoms with Crippen LogP contribution < -0.4 is 5.32 Å². The predicted octanol–water partition coefficient (Wildman–Crippen LogP) is 3.95. The van der Waals surface area contributed by atoms with Gasteiger partial charge in [0.25, 0.3) is 6.43 Å². The van der Waals surface area contributed by atoms with Crippen molar-refractivity contribution in [3.8, 4) is 0 Å². The van der Waals surface area contributed by atoms with E-state index in [0.717, 1.165) is 19.4 Å². The fraction of sp³-hybridized carbons (Fsp3) is 0.895. The number of nitrogens with one attached hydrogen (secondary N) is 1. The molecule has 1 amide bonds. The smallest absolute Gasteiger partial charge is 0.410 e. The lowest BCUT2D eigenvalue weighted by Gasteiger charge is -2.40. The lowest BCUT2D eigenvalue weighted by atomic mass is 10.0. The maximum atomic E-state index is 12.7. The number of hydrogen-bond donors (Lipinski definition) is 1. The van der Waals surface area contributed by atoms with Gasteiger partial charge in [-0.05, 0) is 59.3 Å². The van der Waals surface area contributed by atoms with Crippen molar-refractivity contribution >= 4 is 36.0 Å². The van der Waals surface area contributed by atoms with Crippen LogP contribution >= 0.6 is 24.0 Å². The van der Waals surface area contributed by atoms with Crippen molar-refractivity contribution in [2.75, 3.05) is 32.7 Å². The zero-order chi connectivity index (χ0) is 20.0. The van der Waals surface area contributed by atoms with Crippen LogP contribution in [0, 0.1) is 5.92 Å². The van der Waals surface area contributed by atoms with Crippen LogP contribution in [-0.4, -0.2) is 72.6 Å². The van der Waals surface area contributed by atoms with Crippen LogP contribution in [0.5, 0.6) is 0 Å². The van der Waals surface area contributed by atoms with Crippen LogP contribution in [0.25, 0.3) is 0 Å². The molecule has 6 nitrogen and oxygen atoms in total. The molecule has 0 radical (unpaired) electrons. The Bertz CT molecular complexity index is 517. The Morgan fingerprint density at radius 2 is 1.86 bits per heavy atom. The summed E-state index contributed by atoms with van der Waals surface area (Å²) in [7, 11) is 0. The van der Waals surface area contributed by atoms with Gasteiger partial charge in [0.1, 0.15) is 12.1 Å². The van der Waals surface area contributed by atoms with Crippen molar-refractivity contribution in [1.29, 1.82) is 0 Å². The molecule has 2 aliphatic rings. The van der Waals surface area contributed by atoms with Crippen LogP contribution in [0.4, 0.5) is 13.6 Å². The highest BCUT2D eigenvalue weighted by Gasteiger charge is 2.35. The first kappa shape index (κ1) is 25.2. The number of alkyl halides is 2. The predicted molar refractivity (Wildman–Crippen MR) is 118 cm³/mol. The molecule has 9 heteroatoms. The maximum Gasteiger partial charge on any atom is 0.410 e. The topological polar surface area (TPSA) is 57.2 Å². The molecule has 1 saturated carbocycles. The second kappa shape index (κ2) is 11.3. The summed E-state index contributed by atoms with van der Waals surface area (Å²) in [6.45, 7) is 9.82. The van der Waals surface area contributed by atoms with Crippen molar-refractivity contribution in [1.82, 2.24) is 15.1 Å². The lowest BCUT2D eigenvalue weighted by molar-refractivity contribution is 0.00926. The summed E-state index contributed by atoms with van der Waals surface area (Å²) < 4.78 is 30.6. The highest BCUT2D eigenvalue weighted by atomic mass is 127. The SMILES string of the molecule is CCNC(=NCC(F)F)N1CCC(N(CC2CC2)C(=O)OC(C)(C)C)CC1.I. The van der Waals surface area contributed by atoms with Gasteiger partial charge in [-0.15, -0.1) is 24.0 Å². The Labute approximate surface area is 184 Å². The minimum atomic E-state index is -2.45. The van der Waals surface area contributed by atoms with E-state index in [1.807, 2.05) is 37.5 Å². The summed E-state index contributed by atoms with van der Waals surface area (Å²) in [4.78, 5) is 20.6. The molecule has 0 aromatic heterocycles. The fourth-order valence-corrected chi connectivity index (χ4v) is 3.24. The van der Waals surface area contributed by atoms with Gasteiger partial charge in [-0.25, -0.2) is 18.6 Å². The standard InChI is InChI=1S/C19H34F2N4O2.HI/c1-5-22-17(23-12-16(20)21)24-10-8-15(9-11-24)25(13-14-6-7-14)18(26)27-19(2,3)4;/h14-16H,5-13H2,1-4H3,(H,22,23);1H. The molecule has 28 heavy (non-hydrogen) atoms. The minimum Gasteiger partial charge on any atom is -0.444 e. The highest BCUT2D eigenvalue weighted by molar-refractivity contribution is 14.0. The monoisotopic (exact) mass is 516 g/mol. The number of halogens is 3. The summed E-state index contributed by atoms with van der Waals surface area (Å²) >= 11 is 0. The van der Waals surface area contributed by atoms with Crippen molar-refractivity contribution in [2.45, 2.75) is 71.4 Å². The van der Waals surface area contributed by atoms with Gasteiger partial charge >= 0.3 is 6.09 Å². The third-order valence-electron chi connectivity index (χ3n) is 4.70. The number of aliphatic imine (C=N–C) groups is 1. The average Bonchev–Trinajstić information content (AvgIpc) is 3.39. The molecule has 0 atom stereocenters. The second-order valence-electron chi connectivity index (χ2n) is 8.38. The molecular weight excluding hydrogens is 481 g/mol. The van der Waals surface area contributed by atoms with E-state index in [1.54, 1.807) is 0 Å². The Balaban J connectivity index is 0.00000392. The number of ether oxygens (including phenoxy) is 1. The lowest BCUT2D eigenvalue weighted by Crippen LogP contribution is -2.52. The molecule has 0 aromatic carbocycles. The molecule has 2 rings (SSSR count). The van der Waals surface area contributed by atoms with E-state index in [4.69, 9.17) is 4.74 Å². The molecule has 1 N–H and O–H groups in total. The Hall–Kier alpha value is -0.870. The van der Waals surface area contributed by atoms with Gasteiger partial charge in [-0.1, -0.05) is 0 Å². The van der Waals surface area contributed by atoms with Crippen molar-refractivity contribution in [3.05, 3.63) is 0 Å². The highest BCUT2D eigenvalue weighted by Crippen LogP contribution is 2.32. The number of guanidine groups is 1. The van der Waals surface area contributed by atoms with E-state index < -0.39 is 18.6 Å². The second-order valence-corrected chi connectivity index (χ2v) is 8.38. The first-order valence-electron chi connectivity index (χ1n) is 10.0. The number of amides is 1. The van der Waals surface area contributed by atoms with Gasteiger partial charge in [0.15, 0.2) is 5.96 Å². The van der Waals surface area contributed by atoms with Crippen LogP contribution in [0.1, 0.15) is 53.4 Å². The molecule has 0 bridgehead atoms. The number of rotatable bonds is 6. The summed E-state index contributed by atoms with van der Waals surface area (Å²) in [5.74, 6) is 1.11. The summed E-state index contributed by atoms with van der Waals surface area (Å²) in [6, 6.07) is 0.120. The molecule has 2 fully saturated rings. The number of piperidine rings is 1. The number of carbonyl (C=O) groups is 1. The summed E-state index contributed by atoms with van der Waals surface area (Å²) in [5, 5.41) is 3.09. The molecule has 0 aromatic rings. The van der Waals surface area contributed by atoms with Gasteiger partial charge in [-0.2, -0.15) is 0 Å². The van der Waals surface area contributed by atoms with Gasteiger partial charge in [-0.3, -0.25) is 0 Å². The van der Waals surface area contributed by atoms with E-state index in [-0.39, 0.29) is 36.1 Å². The van der Waals surface area contributed by atoms with E-state index in [0.29, 0.717) is 31.5 Å². The van der Waals surface area contributed by atoms with Crippen molar-refractivity contribution in [3.63, 3.8) is 0 Å². The van der Waals surface area contributed by atoms with Crippen LogP contribution in [-0.2, 0) is 4.74 Å². The summed E-state index contributed by atoms with van der Waals surface area (Å²) in [6.07, 6.45) is 1.21. The largest absolute Gasteiger partial charge is 0.444 e. The Kier molecular flexibility index (Phi) is 10.2. The number of likely N-dealkylation sites (tertiary alicyclic amines) is 1. The fourth-order valence-electron chi connectivity index (χ4n) is 3.24. The van der Waals surface area contributed by atoms with Crippen LogP contribution in [0.15, 0.2) is 4.99 Å². The first-order chi connectivity index (χ1) is 12.7. The Morgan fingerprint density at radius 1 is 1.25 bits per heavy atom. The number of hydrogen-bond acceptors (Lipinski definition) is 3. The Morgan fingerprint density at radius 3 is 2.32 bits per heavy atom. The first-order valence-corrected chi connectivity index (χ1v) is 10.0. The van der Waals surface area contributed by atoms with E-state index in [9.17, 15) is 13.6 Å². The van der Waals surface area contributed by atoms with E-state index >= 15 is 0 Å². The van der Waals surface area contributed by atoms with Crippen LogP contribution in [0.2, 0.25) is 0 Å². The summed E-state index contributed by atoms with van der Waals surface area (Å²) in [5.41, 5.74) is -0.514. The third-order valence-corrected chi connectivity index (χ3v) is 4.70. The third kappa shape index (κ3) is 8.65. The normalized spacial score (nSPS) is 18.7. The molecule has 1 saturated heterocycles.